The predicted molar refractivity (Wildman–Crippen MR) is 66.6 cm³/mol. The number of fused-ring (bicyclic) bond motifs is 1. The molecule has 3 rings (SSSR count). The van der Waals surface area contributed by atoms with Gasteiger partial charge >= 0.3 is 107 Å². The number of amides is 1. The van der Waals surface area contributed by atoms with Crippen LogP contribution in [0.3, 0.4) is 0 Å². The molecule has 3 nitrogen and oxygen atoms in total. The van der Waals surface area contributed by atoms with E-state index in [1.54, 1.807) is 0 Å². The van der Waals surface area contributed by atoms with E-state index in [1.807, 2.05) is 0 Å². The van der Waals surface area contributed by atoms with Crippen molar-refractivity contribution >= 4 is 20.9 Å². The first-order valence-electron chi connectivity index (χ1n) is 6.16. The molecule has 0 aromatic heterocycles. The molecule has 0 radical (unpaired) electrons. The van der Waals surface area contributed by atoms with Crippen molar-refractivity contribution in [3.8, 4) is 0 Å². The average molecular weight is 298 g/mol. The fourth-order valence-electron chi connectivity index (χ4n) is 3.03. The van der Waals surface area contributed by atoms with Gasteiger partial charge in [0.2, 0.25) is 0 Å². The van der Waals surface area contributed by atoms with Crippen LogP contribution in [0.2, 0.25) is 4.31 Å². The van der Waals surface area contributed by atoms with Crippen molar-refractivity contribution in [1.29, 1.82) is 0 Å². The van der Waals surface area contributed by atoms with Crippen LogP contribution in [0, 0.1) is 5.92 Å². The normalized spacial score (nSPS) is 41.3. The van der Waals surface area contributed by atoms with Gasteiger partial charge in [-0.2, -0.15) is 0 Å². The number of nitrogens with one attached hydrogen (secondary N) is 1. The minimum absolute atomic E-state index is 0.0575. The fourth-order valence-corrected chi connectivity index (χ4v) is 5.92. The zero-order chi connectivity index (χ0) is 12.0. The third-order valence-corrected chi connectivity index (χ3v) is 7.33. The summed E-state index contributed by atoms with van der Waals surface area (Å²) in [6, 6.07) is 0.0975. The quantitative estimate of drug-likeness (QED) is 0.454. The van der Waals surface area contributed by atoms with Crippen LogP contribution in [0.25, 0.3) is 0 Å². The van der Waals surface area contributed by atoms with Gasteiger partial charge in [-0.3, -0.25) is 0 Å². The van der Waals surface area contributed by atoms with E-state index in [0.29, 0.717) is 0 Å². The molecule has 17 heavy (non-hydrogen) atoms. The molecule has 4 atom stereocenters. The molecule has 3 aliphatic rings. The number of aliphatic hydroxyl groups is 1. The number of carbonyl (C=O) groups is 1. The molecule has 1 fully saturated rings. The van der Waals surface area contributed by atoms with E-state index < -0.39 is 10.4 Å². The van der Waals surface area contributed by atoms with Crippen LogP contribution in [-0.2, 0) is 4.79 Å². The van der Waals surface area contributed by atoms with Crippen LogP contribution in [0.1, 0.15) is 26.2 Å². The first kappa shape index (κ1) is 11.5. The monoisotopic (exact) mass is 299 g/mol. The molecule has 1 saturated heterocycles. The van der Waals surface area contributed by atoms with Gasteiger partial charge in [0, 0.05) is 0 Å². The molecule has 2 aliphatic heterocycles. The van der Waals surface area contributed by atoms with E-state index in [1.165, 1.54) is 5.57 Å². The van der Waals surface area contributed by atoms with Gasteiger partial charge in [-0.15, -0.1) is 0 Å². The molecule has 1 amide bonds. The standard InChI is InChI=1S/C13H17NO2Se/c1-8-7-17-13(10(8)14-12(13)16)11(15)9-5-3-2-4-6-9/h3,5,7,9-11,15H,2,4,6H2,1H3,(H,14,16)/t9-,10-,11-,13-/m0/s1. The molecule has 4 heteroatoms. The van der Waals surface area contributed by atoms with Crippen LogP contribution >= 0.6 is 0 Å². The summed E-state index contributed by atoms with van der Waals surface area (Å²) >= 11 is 0.0921. The van der Waals surface area contributed by atoms with E-state index >= 15 is 0 Å². The Kier molecular flexibility index (Phi) is 2.69. The van der Waals surface area contributed by atoms with Crippen LogP contribution in [0.15, 0.2) is 22.7 Å². The van der Waals surface area contributed by atoms with E-state index in [9.17, 15) is 9.90 Å². The van der Waals surface area contributed by atoms with E-state index in [4.69, 9.17) is 0 Å². The van der Waals surface area contributed by atoms with Gasteiger partial charge in [0.15, 0.2) is 0 Å². The minimum atomic E-state index is -0.508. The Labute approximate surface area is 108 Å². The summed E-state index contributed by atoms with van der Waals surface area (Å²) in [5, 5.41) is 13.6. The Hall–Kier alpha value is -0.571. The SMILES string of the molecule is CC1=C[Se][C@@]2([C@@H](O)[C@H]3C=CCCC3)C(=O)N[C@@H]12. The fraction of sp³-hybridized carbons (Fsp3) is 0.615. The van der Waals surface area contributed by atoms with Crippen molar-refractivity contribution in [2.24, 2.45) is 5.92 Å². The van der Waals surface area contributed by atoms with Crippen molar-refractivity contribution in [2.45, 2.75) is 42.6 Å². The Balaban J connectivity index is 1.85. The molecule has 2 N–H and O–H groups in total. The van der Waals surface area contributed by atoms with Gasteiger partial charge in [-0.05, 0) is 0 Å². The van der Waals surface area contributed by atoms with Crippen molar-refractivity contribution in [3.05, 3.63) is 22.7 Å². The van der Waals surface area contributed by atoms with Gasteiger partial charge in [-0.25, -0.2) is 0 Å². The summed E-state index contributed by atoms with van der Waals surface area (Å²) in [6.07, 6.45) is 6.98. The van der Waals surface area contributed by atoms with Crippen LogP contribution in [-0.4, -0.2) is 38.1 Å². The van der Waals surface area contributed by atoms with Crippen molar-refractivity contribution in [1.82, 2.24) is 5.32 Å². The Bertz CT molecular complexity index is 418. The summed E-state index contributed by atoms with van der Waals surface area (Å²) in [4.78, 5) is 14.1. The Morgan fingerprint density at radius 1 is 1.65 bits per heavy atom. The molecule has 92 valence electrons. The summed E-state index contributed by atoms with van der Waals surface area (Å²) < 4.78 is -0.497. The van der Waals surface area contributed by atoms with Crippen LogP contribution in [0.4, 0.5) is 0 Å². The number of hydrogen-bond acceptors (Lipinski definition) is 2. The topological polar surface area (TPSA) is 49.3 Å². The van der Waals surface area contributed by atoms with Crippen LogP contribution < -0.4 is 5.32 Å². The number of β-lactam (4-membered cyclic amide) rings is 1. The predicted octanol–water partition coefficient (Wildman–Crippen LogP) is 0.982. The van der Waals surface area contributed by atoms with Gasteiger partial charge in [0.1, 0.15) is 0 Å². The number of rotatable bonds is 2. The molecule has 0 aromatic carbocycles. The zero-order valence-corrected chi connectivity index (χ0v) is 11.6. The summed E-state index contributed by atoms with van der Waals surface area (Å²) in [5.41, 5.74) is 1.23. The summed E-state index contributed by atoms with van der Waals surface area (Å²) in [5.74, 6) is 0.223. The second kappa shape index (κ2) is 3.97. The molecule has 2 heterocycles. The van der Waals surface area contributed by atoms with Crippen molar-refractivity contribution < 1.29 is 9.90 Å². The second-order valence-electron chi connectivity index (χ2n) is 5.15. The molecular weight excluding hydrogens is 281 g/mol. The molecular formula is C13H17NO2Se. The molecule has 0 spiro atoms. The first-order valence-corrected chi connectivity index (χ1v) is 8.01. The number of hydrogen-bond donors (Lipinski definition) is 2. The number of aliphatic hydroxyl groups excluding tert-OH is 1. The number of carbonyl (C=O) groups excluding carboxylic acids is 1. The molecule has 0 unspecified atom stereocenters. The maximum absolute atomic E-state index is 12.0. The third-order valence-electron chi connectivity index (χ3n) is 4.09. The van der Waals surface area contributed by atoms with E-state index in [-0.39, 0.29) is 32.8 Å². The van der Waals surface area contributed by atoms with Crippen molar-refractivity contribution in [3.63, 3.8) is 0 Å². The molecule has 0 saturated carbocycles. The second-order valence-corrected chi connectivity index (χ2v) is 7.55. The third kappa shape index (κ3) is 1.48. The van der Waals surface area contributed by atoms with Gasteiger partial charge in [0.25, 0.3) is 0 Å². The molecule has 0 aromatic rings. The average Bonchev–Trinajstić information content (AvgIpc) is 2.62. The summed E-state index contributed by atoms with van der Waals surface area (Å²) in [7, 11) is 0. The Morgan fingerprint density at radius 3 is 3.06 bits per heavy atom. The maximum atomic E-state index is 12.0. The van der Waals surface area contributed by atoms with Crippen molar-refractivity contribution in [2.75, 3.05) is 0 Å². The van der Waals surface area contributed by atoms with Gasteiger partial charge < -0.3 is 0 Å². The van der Waals surface area contributed by atoms with Gasteiger partial charge in [0.05, 0.1) is 0 Å². The van der Waals surface area contributed by atoms with E-state index in [2.05, 4.69) is 29.4 Å². The Morgan fingerprint density at radius 2 is 2.47 bits per heavy atom. The molecule has 1 aliphatic carbocycles. The molecule has 0 bridgehead atoms. The summed E-state index contributed by atoms with van der Waals surface area (Å²) in [6.45, 7) is 2.05. The first-order chi connectivity index (χ1) is 8.16. The van der Waals surface area contributed by atoms with Crippen LogP contribution in [0.5, 0.6) is 0 Å². The number of allylic oxidation sites excluding steroid dienone is 1. The zero-order valence-electron chi connectivity index (χ0n) is 9.85. The van der Waals surface area contributed by atoms with E-state index in [0.717, 1.165) is 19.3 Å². The van der Waals surface area contributed by atoms with Gasteiger partial charge in [-0.1, -0.05) is 0 Å².